The van der Waals surface area contributed by atoms with Gasteiger partial charge in [0.15, 0.2) is 5.79 Å². The summed E-state index contributed by atoms with van der Waals surface area (Å²) < 4.78 is 13.2. The molecule has 1 spiro atoms. The highest BCUT2D eigenvalue weighted by Gasteiger charge is 2.53. The molecule has 0 amide bonds. The fraction of sp³-hybridized carbons (Fsp3) is 0.250. The van der Waals surface area contributed by atoms with E-state index in [4.69, 9.17) is 9.47 Å². The van der Waals surface area contributed by atoms with E-state index in [1.165, 1.54) is 22.3 Å². The van der Waals surface area contributed by atoms with E-state index < -0.39 is 11.4 Å². The molecule has 0 aliphatic carbocycles. The minimum Gasteiger partial charge on any atom is -0.345 e. The summed E-state index contributed by atoms with van der Waals surface area (Å²) in [7, 11) is 0. The van der Waals surface area contributed by atoms with Gasteiger partial charge in [-0.1, -0.05) is 84.9 Å². The summed E-state index contributed by atoms with van der Waals surface area (Å²) in [5.74, 6) is -0.542. The van der Waals surface area contributed by atoms with Crippen molar-refractivity contribution in [1.82, 2.24) is 0 Å². The van der Waals surface area contributed by atoms with Crippen LogP contribution in [0.3, 0.4) is 0 Å². The summed E-state index contributed by atoms with van der Waals surface area (Å²) in [6.45, 7) is 0.621. The molecule has 130 valence electrons. The summed E-state index contributed by atoms with van der Waals surface area (Å²) in [4.78, 5) is 0. The van der Waals surface area contributed by atoms with Crippen LogP contribution in [0.25, 0.3) is 0 Å². The molecule has 2 aliphatic rings. The Labute approximate surface area is 154 Å². The first-order valence-electron chi connectivity index (χ1n) is 9.32. The molecule has 0 saturated carbocycles. The number of rotatable bonds is 2. The van der Waals surface area contributed by atoms with Crippen molar-refractivity contribution >= 4 is 0 Å². The second kappa shape index (κ2) is 6.08. The molecular formula is C24H22O2. The Kier molecular flexibility index (Phi) is 3.70. The molecule has 1 saturated heterocycles. The lowest BCUT2D eigenvalue weighted by Gasteiger charge is -2.38. The molecule has 1 atom stereocenters. The average molecular weight is 342 g/mol. The Morgan fingerprint density at radius 2 is 1.19 bits per heavy atom. The normalized spacial score (nSPS) is 23.7. The molecule has 0 N–H and O–H groups in total. The minimum absolute atomic E-state index is 0.450. The van der Waals surface area contributed by atoms with E-state index in [0.29, 0.717) is 6.61 Å². The largest absolute Gasteiger partial charge is 0.345 e. The number of hydrogen-bond acceptors (Lipinski definition) is 2. The van der Waals surface area contributed by atoms with Crippen LogP contribution < -0.4 is 0 Å². The Hall–Kier alpha value is -2.42. The maximum absolute atomic E-state index is 6.88. The van der Waals surface area contributed by atoms with Crippen LogP contribution >= 0.6 is 0 Å². The molecule has 2 nitrogen and oxygen atoms in total. The third-order valence-electron chi connectivity index (χ3n) is 5.77. The van der Waals surface area contributed by atoms with Crippen LogP contribution in [0.1, 0.15) is 35.1 Å². The fourth-order valence-electron chi connectivity index (χ4n) is 4.42. The van der Waals surface area contributed by atoms with E-state index in [1.807, 2.05) is 0 Å². The lowest BCUT2D eigenvalue weighted by atomic mass is 9.83. The molecule has 1 fully saturated rings. The van der Waals surface area contributed by atoms with Crippen molar-refractivity contribution in [2.24, 2.45) is 0 Å². The Bertz CT molecular complexity index is 864. The molecule has 0 aromatic heterocycles. The van der Waals surface area contributed by atoms with Gasteiger partial charge in [0, 0.05) is 12.8 Å². The van der Waals surface area contributed by atoms with Gasteiger partial charge in [-0.05, 0) is 28.7 Å². The highest BCUT2D eigenvalue weighted by Crippen LogP contribution is 2.51. The first kappa shape index (κ1) is 15.8. The molecule has 2 heteroatoms. The van der Waals surface area contributed by atoms with E-state index >= 15 is 0 Å². The lowest BCUT2D eigenvalue weighted by molar-refractivity contribution is -0.257. The highest BCUT2D eigenvalue weighted by atomic mass is 16.7. The van der Waals surface area contributed by atoms with Gasteiger partial charge >= 0.3 is 0 Å². The molecular weight excluding hydrogens is 320 g/mol. The first-order valence-corrected chi connectivity index (χ1v) is 9.32. The van der Waals surface area contributed by atoms with Crippen molar-refractivity contribution < 1.29 is 9.47 Å². The molecule has 0 radical (unpaired) electrons. The molecule has 2 aliphatic heterocycles. The van der Waals surface area contributed by atoms with E-state index in [9.17, 15) is 0 Å². The molecule has 26 heavy (non-hydrogen) atoms. The van der Waals surface area contributed by atoms with Gasteiger partial charge < -0.3 is 9.47 Å². The van der Waals surface area contributed by atoms with E-state index in [1.54, 1.807) is 0 Å². The topological polar surface area (TPSA) is 18.5 Å². The van der Waals surface area contributed by atoms with Crippen LogP contribution in [-0.4, -0.2) is 5.79 Å². The minimum atomic E-state index is -0.542. The van der Waals surface area contributed by atoms with Crippen molar-refractivity contribution in [2.75, 3.05) is 0 Å². The molecule has 0 unspecified atom stereocenters. The maximum Gasteiger partial charge on any atom is 0.174 e. The standard InChI is InChI=1S/C24H22O2/c1-3-11-21(12-4-1)24(22-13-5-2-6-14-22)16-15-23(26-24)17-19-9-7-8-10-20(19)18-25-23/h1-14H,15-18H2/t23-/m1/s1. The fourth-order valence-corrected chi connectivity index (χ4v) is 4.42. The van der Waals surface area contributed by atoms with Crippen molar-refractivity contribution in [3.63, 3.8) is 0 Å². The number of benzene rings is 3. The van der Waals surface area contributed by atoms with E-state index in [2.05, 4.69) is 84.9 Å². The molecule has 3 aromatic carbocycles. The SMILES string of the molecule is c1ccc(C2(c3ccccc3)CC[C@]3(Cc4ccccc4CO3)O2)cc1. The quantitative estimate of drug-likeness (QED) is 0.636. The van der Waals surface area contributed by atoms with E-state index in [0.717, 1.165) is 19.3 Å². The van der Waals surface area contributed by atoms with Crippen molar-refractivity contribution in [2.45, 2.75) is 37.3 Å². The van der Waals surface area contributed by atoms with Gasteiger partial charge in [0.1, 0.15) is 5.60 Å². The van der Waals surface area contributed by atoms with Crippen LogP contribution in [0.4, 0.5) is 0 Å². The van der Waals surface area contributed by atoms with Crippen LogP contribution in [0.2, 0.25) is 0 Å². The van der Waals surface area contributed by atoms with Crippen molar-refractivity contribution in [3.8, 4) is 0 Å². The van der Waals surface area contributed by atoms with Crippen molar-refractivity contribution in [3.05, 3.63) is 107 Å². The Morgan fingerprint density at radius 3 is 1.85 bits per heavy atom. The number of ether oxygens (including phenoxy) is 2. The van der Waals surface area contributed by atoms with Gasteiger partial charge in [0.2, 0.25) is 0 Å². The maximum atomic E-state index is 6.88. The molecule has 2 heterocycles. The monoisotopic (exact) mass is 342 g/mol. The van der Waals surface area contributed by atoms with Crippen LogP contribution in [0.5, 0.6) is 0 Å². The van der Waals surface area contributed by atoms with Gasteiger partial charge in [0.05, 0.1) is 6.61 Å². The van der Waals surface area contributed by atoms with Crippen LogP contribution in [0.15, 0.2) is 84.9 Å². The van der Waals surface area contributed by atoms with E-state index in [-0.39, 0.29) is 0 Å². The van der Waals surface area contributed by atoms with Gasteiger partial charge in [-0.15, -0.1) is 0 Å². The molecule has 5 rings (SSSR count). The zero-order chi connectivity index (χ0) is 17.5. The molecule has 3 aromatic rings. The summed E-state index contributed by atoms with van der Waals surface area (Å²) in [6.07, 6.45) is 2.62. The van der Waals surface area contributed by atoms with Gasteiger partial charge in [0.25, 0.3) is 0 Å². The van der Waals surface area contributed by atoms with Crippen LogP contribution in [-0.2, 0) is 28.1 Å². The van der Waals surface area contributed by atoms with Gasteiger partial charge in [-0.3, -0.25) is 0 Å². The van der Waals surface area contributed by atoms with Gasteiger partial charge in [-0.25, -0.2) is 0 Å². The number of fused-ring (bicyclic) bond motifs is 1. The second-order valence-electron chi connectivity index (χ2n) is 7.31. The van der Waals surface area contributed by atoms with Crippen molar-refractivity contribution in [1.29, 1.82) is 0 Å². The lowest BCUT2D eigenvalue weighted by Crippen LogP contribution is -2.41. The third kappa shape index (κ3) is 2.49. The Balaban J connectivity index is 1.57. The predicted molar refractivity (Wildman–Crippen MR) is 102 cm³/mol. The summed E-state index contributed by atoms with van der Waals surface area (Å²) in [5.41, 5.74) is 4.57. The zero-order valence-electron chi connectivity index (χ0n) is 14.7. The smallest absolute Gasteiger partial charge is 0.174 e. The van der Waals surface area contributed by atoms with Crippen LogP contribution in [0, 0.1) is 0 Å². The average Bonchev–Trinajstić information content (AvgIpc) is 3.09. The summed E-state index contributed by atoms with van der Waals surface area (Å²) in [5, 5.41) is 0. The zero-order valence-corrected chi connectivity index (χ0v) is 14.7. The summed E-state index contributed by atoms with van der Waals surface area (Å²) in [6, 6.07) is 29.7. The summed E-state index contributed by atoms with van der Waals surface area (Å²) >= 11 is 0. The number of hydrogen-bond donors (Lipinski definition) is 0. The molecule has 0 bridgehead atoms. The van der Waals surface area contributed by atoms with Gasteiger partial charge in [-0.2, -0.15) is 0 Å². The Morgan fingerprint density at radius 1 is 0.615 bits per heavy atom. The predicted octanol–water partition coefficient (Wildman–Crippen LogP) is 5.21. The highest BCUT2D eigenvalue weighted by molar-refractivity contribution is 5.39. The first-order chi connectivity index (χ1) is 12.8. The second-order valence-corrected chi connectivity index (χ2v) is 7.31. The third-order valence-corrected chi connectivity index (χ3v) is 5.77.